The van der Waals surface area contributed by atoms with Crippen LogP contribution in [-0.4, -0.2) is 37.5 Å². The molecule has 1 saturated heterocycles. The summed E-state index contributed by atoms with van der Waals surface area (Å²) in [6.07, 6.45) is 2.21. The molecule has 1 aliphatic carbocycles. The van der Waals surface area contributed by atoms with Crippen LogP contribution in [0.15, 0.2) is 11.1 Å². The van der Waals surface area contributed by atoms with E-state index in [1.54, 1.807) is 7.11 Å². The van der Waals surface area contributed by atoms with Crippen molar-refractivity contribution in [1.29, 1.82) is 0 Å². The number of methoxy groups -OCH3 is 1. The molecule has 0 aromatic rings. The first-order valence-corrected chi connectivity index (χ1v) is 6.63. The molecule has 18 heavy (non-hydrogen) atoms. The normalized spacial score (nSPS) is 36.8. The molecule has 2 aliphatic rings. The minimum absolute atomic E-state index is 0.0416. The molecule has 0 bridgehead atoms. The number of aliphatic hydroxyl groups excluding tert-OH is 1. The summed E-state index contributed by atoms with van der Waals surface area (Å²) in [4.78, 5) is 0. The van der Waals surface area contributed by atoms with E-state index >= 15 is 0 Å². The third-order valence-corrected chi connectivity index (χ3v) is 4.11. The van der Waals surface area contributed by atoms with Crippen LogP contribution in [0.4, 0.5) is 0 Å². The van der Waals surface area contributed by atoms with Gasteiger partial charge in [-0.05, 0) is 37.2 Å². The van der Waals surface area contributed by atoms with Crippen LogP contribution in [0.3, 0.4) is 0 Å². The first-order valence-electron chi connectivity index (χ1n) is 6.63. The highest BCUT2D eigenvalue weighted by molar-refractivity contribution is 5.30. The maximum absolute atomic E-state index is 10.2. The zero-order valence-electron chi connectivity index (χ0n) is 11.8. The predicted octanol–water partition coefficient (Wildman–Crippen LogP) is 2.22. The third kappa shape index (κ3) is 2.11. The largest absolute Gasteiger partial charge is 0.363 e. The van der Waals surface area contributed by atoms with Crippen LogP contribution in [-0.2, 0) is 14.2 Å². The number of rotatable bonds is 2. The molecule has 0 radical (unpaired) electrons. The molecule has 0 saturated carbocycles. The average Bonchev–Trinajstić information content (AvgIpc) is 2.30. The fourth-order valence-electron chi connectivity index (χ4n) is 3.38. The quantitative estimate of drug-likeness (QED) is 0.770. The van der Waals surface area contributed by atoms with E-state index in [4.69, 9.17) is 14.2 Å². The van der Waals surface area contributed by atoms with E-state index in [-0.39, 0.29) is 5.41 Å². The van der Waals surface area contributed by atoms with Gasteiger partial charge in [0.1, 0.15) is 0 Å². The molecule has 0 aromatic carbocycles. The third-order valence-electron chi connectivity index (χ3n) is 4.11. The number of allylic oxidation sites excluding steroid dienone is 1. The van der Waals surface area contributed by atoms with E-state index in [0.29, 0.717) is 13.2 Å². The first-order chi connectivity index (χ1) is 8.44. The van der Waals surface area contributed by atoms with Crippen molar-refractivity contribution in [2.24, 2.45) is 5.41 Å². The monoisotopic (exact) mass is 256 g/mol. The second kappa shape index (κ2) is 4.93. The Balaban J connectivity index is 2.47. The zero-order chi connectivity index (χ0) is 13.4. The van der Waals surface area contributed by atoms with E-state index < -0.39 is 12.1 Å². The van der Waals surface area contributed by atoms with Gasteiger partial charge in [-0.2, -0.15) is 0 Å². The second-order valence-electron chi connectivity index (χ2n) is 5.84. The summed E-state index contributed by atoms with van der Waals surface area (Å²) >= 11 is 0. The smallest absolute Gasteiger partial charge is 0.244 e. The van der Waals surface area contributed by atoms with E-state index in [2.05, 4.69) is 20.8 Å². The fraction of sp³-hybridized carbons (Fsp3) is 0.857. The minimum Gasteiger partial charge on any atom is -0.363 e. The standard InChI is InChI=1S/C14H24O4/c1-10-6-5-7-13(2,3)11(10)14(16-4)12(15)17-8-9-18-14/h12,15H,5-9H2,1-4H3. The first kappa shape index (κ1) is 14.0. The molecule has 104 valence electrons. The molecule has 1 aliphatic heterocycles. The van der Waals surface area contributed by atoms with Crippen LogP contribution >= 0.6 is 0 Å². The summed E-state index contributed by atoms with van der Waals surface area (Å²) in [6, 6.07) is 0. The van der Waals surface area contributed by atoms with Crippen molar-refractivity contribution in [1.82, 2.24) is 0 Å². The summed E-state index contributed by atoms with van der Waals surface area (Å²) < 4.78 is 16.7. The van der Waals surface area contributed by atoms with Crippen molar-refractivity contribution in [2.75, 3.05) is 20.3 Å². The van der Waals surface area contributed by atoms with Gasteiger partial charge < -0.3 is 19.3 Å². The maximum atomic E-state index is 10.2. The van der Waals surface area contributed by atoms with Crippen LogP contribution in [0, 0.1) is 5.41 Å². The average molecular weight is 256 g/mol. The lowest BCUT2D eigenvalue weighted by Gasteiger charge is -2.48. The number of ether oxygens (including phenoxy) is 3. The van der Waals surface area contributed by atoms with Gasteiger partial charge in [0.2, 0.25) is 12.1 Å². The van der Waals surface area contributed by atoms with Gasteiger partial charge in [-0.3, -0.25) is 0 Å². The Morgan fingerprint density at radius 1 is 1.33 bits per heavy atom. The molecule has 2 rings (SSSR count). The lowest BCUT2D eigenvalue weighted by atomic mass is 9.69. The van der Waals surface area contributed by atoms with Gasteiger partial charge in [-0.15, -0.1) is 0 Å². The highest BCUT2D eigenvalue weighted by Gasteiger charge is 2.52. The van der Waals surface area contributed by atoms with E-state index in [9.17, 15) is 5.11 Å². The van der Waals surface area contributed by atoms with Gasteiger partial charge >= 0.3 is 0 Å². The van der Waals surface area contributed by atoms with Crippen LogP contribution in [0.1, 0.15) is 40.0 Å². The van der Waals surface area contributed by atoms with Crippen LogP contribution in [0.5, 0.6) is 0 Å². The number of hydrogen-bond donors (Lipinski definition) is 1. The summed E-state index contributed by atoms with van der Waals surface area (Å²) in [5.41, 5.74) is 2.26. The molecule has 0 amide bonds. The van der Waals surface area contributed by atoms with Crippen LogP contribution in [0.2, 0.25) is 0 Å². The van der Waals surface area contributed by atoms with Crippen molar-refractivity contribution in [3.63, 3.8) is 0 Å². The summed E-state index contributed by atoms with van der Waals surface area (Å²) in [6.45, 7) is 7.30. The summed E-state index contributed by atoms with van der Waals surface area (Å²) in [5.74, 6) is -1.13. The Bertz CT molecular complexity index is 348. The van der Waals surface area contributed by atoms with Gasteiger partial charge in [0.15, 0.2) is 0 Å². The van der Waals surface area contributed by atoms with Gasteiger partial charge in [0, 0.05) is 7.11 Å². The molecule has 0 aromatic heterocycles. The summed E-state index contributed by atoms with van der Waals surface area (Å²) in [7, 11) is 1.57. The van der Waals surface area contributed by atoms with Crippen molar-refractivity contribution < 1.29 is 19.3 Å². The lowest BCUT2D eigenvalue weighted by molar-refractivity contribution is -0.353. The van der Waals surface area contributed by atoms with E-state index in [0.717, 1.165) is 18.4 Å². The van der Waals surface area contributed by atoms with Gasteiger partial charge in [-0.1, -0.05) is 19.4 Å². The molecule has 1 fully saturated rings. The molecule has 2 unspecified atom stereocenters. The molecule has 4 nitrogen and oxygen atoms in total. The van der Waals surface area contributed by atoms with Crippen LogP contribution in [0.25, 0.3) is 0 Å². The molecular formula is C14H24O4. The van der Waals surface area contributed by atoms with Gasteiger partial charge in [0.25, 0.3) is 0 Å². The fourth-order valence-corrected chi connectivity index (χ4v) is 3.38. The maximum Gasteiger partial charge on any atom is 0.244 e. The molecule has 2 atom stereocenters. The van der Waals surface area contributed by atoms with Gasteiger partial charge in [0.05, 0.1) is 13.2 Å². The molecule has 4 heteroatoms. The second-order valence-corrected chi connectivity index (χ2v) is 5.84. The topological polar surface area (TPSA) is 47.9 Å². The Hall–Kier alpha value is -0.420. The highest BCUT2D eigenvalue weighted by Crippen LogP contribution is 2.49. The van der Waals surface area contributed by atoms with E-state index in [1.807, 2.05) is 0 Å². The molecule has 1 N–H and O–H groups in total. The Morgan fingerprint density at radius 3 is 2.61 bits per heavy atom. The molecular weight excluding hydrogens is 232 g/mol. The SMILES string of the molecule is COC1(C2=C(C)CCCC2(C)C)OCCOC1O. The number of aliphatic hydroxyl groups is 1. The van der Waals surface area contributed by atoms with Crippen LogP contribution < -0.4 is 0 Å². The van der Waals surface area contributed by atoms with Crippen molar-refractivity contribution in [3.05, 3.63) is 11.1 Å². The zero-order valence-corrected chi connectivity index (χ0v) is 11.8. The lowest BCUT2D eigenvalue weighted by Crippen LogP contribution is -2.57. The predicted molar refractivity (Wildman–Crippen MR) is 68.0 cm³/mol. The van der Waals surface area contributed by atoms with Crippen molar-refractivity contribution in [2.45, 2.75) is 52.1 Å². The summed E-state index contributed by atoms with van der Waals surface area (Å²) in [5, 5.41) is 10.2. The minimum atomic E-state index is -1.13. The molecule has 0 spiro atoms. The Morgan fingerprint density at radius 2 is 2.06 bits per heavy atom. The van der Waals surface area contributed by atoms with E-state index in [1.165, 1.54) is 12.0 Å². The molecule has 1 heterocycles. The number of hydrogen-bond acceptors (Lipinski definition) is 4. The highest BCUT2D eigenvalue weighted by atomic mass is 16.8. The van der Waals surface area contributed by atoms with Gasteiger partial charge in [-0.25, -0.2) is 0 Å². The Labute approximate surface area is 109 Å². The van der Waals surface area contributed by atoms with Crippen molar-refractivity contribution in [3.8, 4) is 0 Å². The van der Waals surface area contributed by atoms with Crippen molar-refractivity contribution >= 4 is 0 Å². The Kier molecular flexibility index (Phi) is 3.83.